The molecule has 1 saturated heterocycles. The number of alkyl carbamates (subject to hydrolysis) is 3. The number of non-ortho nitro benzene ring substituents is 2. The van der Waals surface area contributed by atoms with E-state index < -0.39 is 150 Å². The summed E-state index contributed by atoms with van der Waals surface area (Å²) in [5, 5.41) is 92.2. The summed E-state index contributed by atoms with van der Waals surface area (Å²) in [5.41, 5.74) is -3.61. The Balaban J connectivity index is 1.52. The zero-order valence-corrected chi connectivity index (χ0v) is 45.4. The molecule has 1 aliphatic carbocycles. The van der Waals surface area contributed by atoms with Gasteiger partial charge in [-0.05, 0) is 103 Å². The number of rotatable bonds is 21. The molecule has 3 aliphatic rings. The van der Waals surface area contributed by atoms with Gasteiger partial charge in [-0.15, -0.1) is 0 Å². The minimum atomic E-state index is -2.06. The number of nitrogens with one attached hydrogen (secondary N) is 5. The smallest absolute Gasteiger partial charge is 0.410 e. The molecule has 1 saturated carbocycles. The van der Waals surface area contributed by atoms with Crippen LogP contribution in [0.4, 0.5) is 30.6 Å². The average molecular weight is 1140 g/mol. The molecule has 2 heterocycles. The predicted molar refractivity (Wildman–Crippen MR) is 275 cm³/mol. The molecule has 444 valence electrons. The highest BCUT2D eigenvalue weighted by Gasteiger charge is 2.55. The van der Waals surface area contributed by atoms with Gasteiger partial charge in [-0.1, -0.05) is 0 Å². The number of carbonyl (C=O) groups excluding carboxylic acids is 5. The van der Waals surface area contributed by atoms with Gasteiger partial charge in [0, 0.05) is 37.9 Å². The third kappa shape index (κ3) is 18.8. The van der Waals surface area contributed by atoms with Crippen LogP contribution in [0.25, 0.3) is 0 Å². The van der Waals surface area contributed by atoms with Crippen LogP contribution in [0.5, 0.6) is 0 Å². The molecule has 0 bridgehead atoms. The van der Waals surface area contributed by atoms with Crippen LogP contribution in [0, 0.1) is 20.2 Å². The lowest BCUT2D eigenvalue weighted by atomic mass is 9.82. The van der Waals surface area contributed by atoms with Crippen molar-refractivity contribution in [1.82, 2.24) is 31.5 Å². The third-order valence-electron chi connectivity index (χ3n) is 12.3. The van der Waals surface area contributed by atoms with Gasteiger partial charge in [0.1, 0.15) is 66.3 Å². The number of hydrogen-bond acceptors (Lipinski definition) is 23. The van der Waals surface area contributed by atoms with Crippen LogP contribution in [-0.2, 0) is 55.9 Å². The Morgan fingerprint density at radius 1 is 0.775 bits per heavy atom. The summed E-state index contributed by atoms with van der Waals surface area (Å²) in [6, 6.07) is 4.67. The first kappa shape index (κ1) is 63.8. The summed E-state index contributed by atoms with van der Waals surface area (Å²) in [5.74, 6) is -0.922. The zero-order valence-electron chi connectivity index (χ0n) is 45.4. The van der Waals surface area contributed by atoms with Gasteiger partial charge in [0.05, 0.1) is 60.3 Å². The first-order chi connectivity index (χ1) is 37.4. The lowest BCUT2D eigenvalue weighted by Crippen LogP contribution is -2.71. The topological polar surface area (TPSA) is 410 Å². The Morgan fingerprint density at radius 3 is 1.80 bits per heavy atom. The molecule has 0 spiro atoms. The fraction of sp³-hybridized carbons (Fsp3) is 0.620. The number of amides is 5. The molecule has 30 heteroatoms. The van der Waals surface area contributed by atoms with Crippen molar-refractivity contribution >= 4 is 41.7 Å². The molecule has 2 aliphatic heterocycles. The van der Waals surface area contributed by atoms with Gasteiger partial charge in [-0.2, -0.15) is 0 Å². The van der Waals surface area contributed by atoms with Crippen molar-refractivity contribution in [2.45, 2.75) is 159 Å². The zero-order chi connectivity index (χ0) is 59.3. The van der Waals surface area contributed by atoms with Crippen LogP contribution in [0.2, 0.25) is 0 Å². The monoisotopic (exact) mass is 1140 g/mol. The summed E-state index contributed by atoms with van der Waals surface area (Å²) in [4.78, 5) is 89.1. The second-order valence-electron chi connectivity index (χ2n) is 21.3. The van der Waals surface area contributed by atoms with E-state index in [-0.39, 0.29) is 49.9 Å². The summed E-state index contributed by atoms with van der Waals surface area (Å²) < 4.78 is 46.6. The van der Waals surface area contributed by atoms with E-state index >= 15 is 0 Å². The summed E-state index contributed by atoms with van der Waals surface area (Å²) in [6.07, 6.45) is -15.9. The summed E-state index contributed by atoms with van der Waals surface area (Å²) in [7, 11) is 1.26. The van der Waals surface area contributed by atoms with Gasteiger partial charge in [-0.25, -0.2) is 19.2 Å². The maximum atomic E-state index is 13.9. The molecular formula is C50H72N8O22. The molecule has 0 radical (unpaired) electrons. The molecule has 5 amide bonds. The van der Waals surface area contributed by atoms with Crippen LogP contribution >= 0.6 is 0 Å². The standard InChI is InChI=1S/C50H72N8O22/c1-48(2,3)79-44(64)52-23-35(60)41(63)53-33-21-34(55-46(66)74-25-28-11-15-30(16-12-28)58(71)72)39(36(61)38(33)78-43-37(62)40(50(7,68)26-75-43)56(8)47(67)80-49(4,5)6)77-42-32(18-17-31(76-42)22-51-19-20-59)54-45(65)73-24-27-9-13-29(14-10-27)57(69)70/h9-17,32-40,42-43,51,59-62,68H,18-26H2,1-8H3,(H,52,64)(H,53,63)(H,54,65)(H,55,66)/t32-,33-,34+,35-,36-,37-,38+,39-,40-,42-,43-,50+/m1/s1. The molecule has 0 aromatic heterocycles. The normalized spacial score (nSPS) is 26.2. The van der Waals surface area contributed by atoms with Crippen molar-refractivity contribution in [2.24, 2.45) is 0 Å². The van der Waals surface area contributed by atoms with Crippen LogP contribution < -0.4 is 26.6 Å². The number of nitro groups is 2. The number of aliphatic hydroxyl groups is 5. The van der Waals surface area contributed by atoms with E-state index in [9.17, 15) is 69.7 Å². The van der Waals surface area contributed by atoms with Crippen molar-refractivity contribution in [3.63, 3.8) is 0 Å². The Labute approximate surface area is 459 Å². The van der Waals surface area contributed by atoms with E-state index in [0.717, 1.165) is 4.90 Å². The minimum Gasteiger partial charge on any atom is -0.466 e. The Hall–Kier alpha value is -7.03. The van der Waals surface area contributed by atoms with Crippen LogP contribution in [0.3, 0.4) is 0 Å². The van der Waals surface area contributed by atoms with E-state index in [4.69, 9.17) is 37.9 Å². The van der Waals surface area contributed by atoms with E-state index in [0.29, 0.717) is 11.1 Å². The molecule has 80 heavy (non-hydrogen) atoms. The second-order valence-corrected chi connectivity index (χ2v) is 21.3. The van der Waals surface area contributed by atoms with Gasteiger partial charge >= 0.3 is 24.4 Å². The lowest BCUT2D eigenvalue weighted by Gasteiger charge is -2.50. The number of aliphatic hydroxyl groups excluding tert-OH is 4. The fourth-order valence-electron chi connectivity index (χ4n) is 8.59. The molecule has 2 aromatic rings. The van der Waals surface area contributed by atoms with Crippen LogP contribution in [-0.4, -0.2) is 195 Å². The van der Waals surface area contributed by atoms with Crippen LogP contribution in [0.15, 0.2) is 60.4 Å². The molecular weight excluding hydrogens is 1060 g/mol. The first-order valence-electron chi connectivity index (χ1n) is 25.4. The van der Waals surface area contributed by atoms with Crippen molar-refractivity contribution in [1.29, 1.82) is 0 Å². The quantitative estimate of drug-likeness (QED) is 0.0363. The van der Waals surface area contributed by atoms with Crippen molar-refractivity contribution in [2.75, 3.05) is 39.9 Å². The Morgan fingerprint density at radius 2 is 1.29 bits per heavy atom. The van der Waals surface area contributed by atoms with Gasteiger partial charge in [-0.3, -0.25) is 25.0 Å². The number of nitro benzene ring substituents is 2. The number of hydrogen-bond donors (Lipinski definition) is 10. The van der Waals surface area contributed by atoms with Crippen LogP contribution in [0.1, 0.15) is 72.4 Å². The van der Waals surface area contributed by atoms with E-state index in [1.165, 1.54) is 62.5 Å². The molecule has 30 nitrogen and oxygen atoms in total. The lowest BCUT2D eigenvalue weighted by molar-refractivity contribution is -0.385. The predicted octanol–water partition coefficient (Wildman–Crippen LogP) is 1.21. The SMILES string of the molecule is CN(C(=O)OC(C)(C)C)[C@@H]1[C@@H](O)[C@@H](O[C@@H]2[C@@H](O)[C@H](O[C@H]3OC(CNCCO)=CC[C@H]3NC(=O)OCc3ccc([N+](=O)[O-])cc3)[C@@H](NC(=O)OCc3ccc([N+](=O)[O-])cc3)C[C@H]2NC(=O)[C@H](O)CNC(=O)OC(C)(C)C)OC[C@]1(C)O. The molecule has 0 unspecified atom stereocenters. The van der Waals surface area contributed by atoms with Crippen molar-refractivity contribution in [3.05, 3.63) is 91.7 Å². The summed E-state index contributed by atoms with van der Waals surface area (Å²) in [6.45, 7) is 8.73. The van der Waals surface area contributed by atoms with Gasteiger partial charge < -0.3 is 94.9 Å². The third-order valence-corrected chi connectivity index (χ3v) is 12.3. The van der Waals surface area contributed by atoms with E-state index in [1.807, 2.05) is 0 Å². The van der Waals surface area contributed by atoms with E-state index in [1.54, 1.807) is 47.6 Å². The highest BCUT2D eigenvalue weighted by molar-refractivity contribution is 5.82. The Bertz CT molecular complexity index is 2490. The fourth-order valence-corrected chi connectivity index (χ4v) is 8.59. The molecule has 2 fully saturated rings. The highest BCUT2D eigenvalue weighted by Crippen LogP contribution is 2.35. The maximum Gasteiger partial charge on any atom is 0.410 e. The number of benzene rings is 2. The Kier molecular flexibility index (Phi) is 22.3. The number of ether oxygens (including phenoxy) is 8. The average Bonchev–Trinajstić information content (AvgIpc) is 3.37. The van der Waals surface area contributed by atoms with Gasteiger partial charge in [0.25, 0.3) is 17.3 Å². The maximum absolute atomic E-state index is 13.9. The molecule has 2 aromatic carbocycles. The number of nitrogens with zero attached hydrogens (tertiary/aromatic N) is 3. The molecule has 10 N–H and O–H groups in total. The van der Waals surface area contributed by atoms with Gasteiger partial charge in [0.15, 0.2) is 6.29 Å². The van der Waals surface area contributed by atoms with Crippen molar-refractivity contribution in [3.8, 4) is 0 Å². The second kappa shape index (κ2) is 27.9. The molecule has 12 atom stereocenters. The van der Waals surface area contributed by atoms with E-state index in [2.05, 4.69) is 26.6 Å². The number of carbonyl (C=O) groups is 5. The highest BCUT2D eigenvalue weighted by atomic mass is 16.7. The van der Waals surface area contributed by atoms with Crippen molar-refractivity contribution < 1.29 is 97.2 Å². The van der Waals surface area contributed by atoms with Gasteiger partial charge in [0.2, 0.25) is 6.29 Å². The minimum absolute atomic E-state index is 0.0198. The summed E-state index contributed by atoms with van der Waals surface area (Å²) >= 11 is 0. The largest absolute Gasteiger partial charge is 0.466 e. The number of likely N-dealkylation sites (N-methyl/N-ethyl adjacent to an activating group) is 1. The molecule has 5 rings (SSSR count). The first-order valence-corrected chi connectivity index (χ1v) is 25.4.